The average Bonchev–Trinajstić information content (AvgIpc) is 2.17. The lowest BCUT2D eigenvalue weighted by atomic mass is 10.3. The highest BCUT2D eigenvalue weighted by atomic mass is 35.5. The molecule has 1 rings (SSSR count). The second-order valence-corrected chi connectivity index (χ2v) is 2.62. The van der Waals surface area contributed by atoms with Gasteiger partial charge in [0.05, 0.1) is 0 Å². The van der Waals surface area contributed by atoms with Gasteiger partial charge in [-0.25, -0.2) is 0 Å². The zero-order valence-corrected chi connectivity index (χ0v) is 4.86. The van der Waals surface area contributed by atoms with Gasteiger partial charge in [0.2, 0.25) is 0 Å². The topological polar surface area (TPSA) is 20.2 Å². The van der Waals surface area contributed by atoms with Crippen LogP contribution >= 0.6 is 11.6 Å². The first-order valence-electron chi connectivity index (χ1n) is 2.61. The maximum Gasteiger partial charge on any atom is 0.128 e. The molecule has 0 spiro atoms. The fourth-order valence-electron chi connectivity index (χ4n) is 0.629. The van der Waals surface area contributed by atoms with E-state index in [1.807, 2.05) is 0 Å². The first kappa shape index (κ1) is 5.39. The van der Waals surface area contributed by atoms with E-state index in [2.05, 4.69) is 0 Å². The van der Waals surface area contributed by atoms with Crippen molar-refractivity contribution in [2.45, 2.75) is 24.8 Å². The Morgan fingerprint density at radius 2 is 2.29 bits per heavy atom. The predicted octanol–water partition coefficient (Wildman–Crippen LogP) is 1.34. The molecule has 1 unspecified atom stereocenters. The van der Waals surface area contributed by atoms with Gasteiger partial charge in [-0.15, -0.1) is 0 Å². The van der Waals surface area contributed by atoms with Gasteiger partial charge in [0.15, 0.2) is 0 Å². The Balaban J connectivity index is 1.97. The van der Waals surface area contributed by atoms with Crippen LogP contribution in [-0.4, -0.2) is 10.7 Å². The summed E-state index contributed by atoms with van der Waals surface area (Å²) in [6, 6.07) is 0. The summed E-state index contributed by atoms with van der Waals surface area (Å²) in [4.78, 5) is 0. The van der Waals surface area contributed by atoms with Crippen molar-refractivity contribution in [3.8, 4) is 0 Å². The van der Waals surface area contributed by atoms with Crippen LogP contribution in [0, 0.1) is 5.92 Å². The van der Waals surface area contributed by atoms with Crippen LogP contribution in [0.15, 0.2) is 0 Å². The fourth-order valence-corrected chi connectivity index (χ4v) is 0.881. The van der Waals surface area contributed by atoms with Crippen molar-refractivity contribution in [3.63, 3.8) is 0 Å². The number of halogens is 1. The zero-order chi connectivity index (χ0) is 5.28. The predicted molar refractivity (Wildman–Crippen MR) is 29.2 cm³/mol. The molecular weight excluding hydrogens is 112 g/mol. The number of rotatable bonds is 2. The first-order valence-corrected chi connectivity index (χ1v) is 3.05. The van der Waals surface area contributed by atoms with E-state index in [1.165, 1.54) is 12.8 Å². The summed E-state index contributed by atoms with van der Waals surface area (Å²) in [6.45, 7) is 0. The highest BCUT2D eigenvalue weighted by Crippen LogP contribution is 2.33. The van der Waals surface area contributed by atoms with Gasteiger partial charge in [-0.3, -0.25) is 0 Å². The number of alkyl halides is 1. The van der Waals surface area contributed by atoms with Gasteiger partial charge < -0.3 is 5.11 Å². The van der Waals surface area contributed by atoms with E-state index in [-0.39, 0.29) is 0 Å². The van der Waals surface area contributed by atoms with Gasteiger partial charge in [-0.1, -0.05) is 24.4 Å². The lowest BCUT2D eigenvalue weighted by Crippen LogP contribution is -1.94. The molecule has 1 nitrogen and oxygen atoms in total. The van der Waals surface area contributed by atoms with Crippen molar-refractivity contribution in [1.82, 2.24) is 0 Å². The van der Waals surface area contributed by atoms with E-state index in [1.54, 1.807) is 0 Å². The van der Waals surface area contributed by atoms with Gasteiger partial charge in [0.25, 0.3) is 0 Å². The van der Waals surface area contributed by atoms with Crippen LogP contribution in [0.4, 0.5) is 0 Å². The largest absolute Gasteiger partial charge is 0.378 e. The molecule has 0 radical (unpaired) electrons. The monoisotopic (exact) mass is 120 g/mol. The average molecular weight is 121 g/mol. The van der Waals surface area contributed by atoms with Gasteiger partial charge in [-0.05, 0) is 12.3 Å². The summed E-state index contributed by atoms with van der Waals surface area (Å²) >= 11 is 5.27. The van der Waals surface area contributed by atoms with E-state index in [0.29, 0.717) is 0 Å². The van der Waals surface area contributed by atoms with Crippen molar-refractivity contribution >= 4 is 11.6 Å². The van der Waals surface area contributed by atoms with Gasteiger partial charge in [0.1, 0.15) is 5.56 Å². The first-order chi connectivity index (χ1) is 3.29. The summed E-state index contributed by atoms with van der Waals surface area (Å²) in [6.07, 6.45) is 3.33. The smallest absolute Gasteiger partial charge is 0.128 e. The van der Waals surface area contributed by atoms with Crippen molar-refractivity contribution in [3.05, 3.63) is 0 Å². The van der Waals surface area contributed by atoms with Crippen LogP contribution in [0.1, 0.15) is 19.3 Å². The third-order valence-corrected chi connectivity index (χ3v) is 1.40. The minimum absolute atomic E-state index is 0.590. The van der Waals surface area contributed by atoms with Crippen molar-refractivity contribution in [2.75, 3.05) is 0 Å². The summed E-state index contributed by atoms with van der Waals surface area (Å²) in [5, 5.41) is 8.53. The van der Waals surface area contributed by atoms with Crippen LogP contribution in [0.2, 0.25) is 0 Å². The Bertz CT molecular complexity index is 59.1. The second-order valence-electron chi connectivity index (χ2n) is 2.11. The lowest BCUT2D eigenvalue weighted by Gasteiger charge is -1.94. The van der Waals surface area contributed by atoms with Crippen molar-refractivity contribution in [2.24, 2.45) is 5.92 Å². The molecule has 2 heteroatoms. The molecule has 0 aromatic rings. The van der Waals surface area contributed by atoms with Crippen LogP contribution in [0.5, 0.6) is 0 Å². The molecule has 0 bridgehead atoms. The third kappa shape index (κ3) is 2.15. The highest BCUT2D eigenvalue weighted by Gasteiger charge is 2.23. The zero-order valence-electron chi connectivity index (χ0n) is 4.10. The van der Waals surface area contributed by atoms with Crippen LogP contribution in [-0.2, 0) is 0 Å². The van der Waals surface area contributed by atoms with Gasteiger partial charge >= 0.3 is 0 Å². The normalized spacial score (nSPS) is 24.9. The maximum atomic E-state index is 8.53. The number of hydrogen-bond acceptors (Lipinski definition) is 1. The molecule has 0 aromatic carbocycles. The fraction of sp³-hybridized carbons (Fsp3) is 1.00. The quantitative estimate of drug-likeness (QED) is 0.546. The SMILES string of the molecule is OC(Cl)CC1CC1. The Kier molecular flexibility index (Phi) is 1.55. The van der Waals surface area contributed by atoms with E-state index >= 15 is 0 Å². The molecular formula is C5H9ClO. The highest BCUT2D eigenvalue weighted by molar-refractivity contribution is 6.19. The number of hydrogen-bond donors (Lipinski definition) is 1. The molecule has 0 amide bonds. The Morgan fingerprint density at radius 1 is 1.71 bits per heavy atom. The van der Waals surface area contributed by atoms with Gasteiger partial charge in [-0.2, -0.15) is 0 Å². The summed E-state index contributed by atoms with van der Waals surface area (Å²) < 4.78 is 0. The molecule has 0 saturated heterocycles. The summed E-state index contributed by atoms with van der Waals surface area (Å²) in [7, 11) is 0. The van der Waals surface area contributed by atoms with Crippen LogP contribution in [0.3, 0.4) is 0 Å². The molecule has 7 heavy (non-hydrogen) atoms. The Labute approximate surface area is 48.3 Å². The molecule has 1 N–H and O–H groups in total. The Hall–Kier alpha value is 0.250. The minimum atomic E-state index is -0.590. The maximum absolute atomic E-state index is 8.53. The molecule has 0 heterocycles. The molecule has 42 valence electrons. The van der Waals surface area contributed by atoms with Crippen LogP contribution in [0.25, 0.3) is 0 Å². The van der Waals surface area contributed by atoms with E-state index < -0.39 is 5.56 Å². The van der Waals surface area contributed by atoms with Crippen LogP contribution < -0.4 is 0 Å². The van der Waals surface area contributed by atoms with E-state index in [0.717, 1.165) is 12.3 Å². The molecule has 0 aliphatic heterocycles. The molecule has 1 saturated carbocycles. The number of aliphatic hydroxyl groups is 1. The molecule has 1 aliphatic carbocycles. The third-order valence-electron chi connectivity index (χ3n) is 1.22. The van der Waals surface area contributed by atoms with E-state index in [4.69, 9.17) is 16.7 Å². The van der Waals surface area contributed by atoms with Crippen molar-refractivity contribution in [1.29, 1.82) is 0 Å². The van der Waals surface area contributed by atoms with Crippen molar-refractivity contribution < 1.29 is 5.11 Å². The Morgan fingerprint density at radius 3 is 2.43 bits per heavy atom. The molecule has 0 aromatic heterocycles. The molecule has 1 atom stereocenters. The van der Waals surface area contributed by atoms with E-state index in [9.17, 15) is 0 Å². The van der Waals surface area contributed by atoms with Gasteiger partial charge in [0, 0.05) is 0 Å². The number of aliphatic hydroxyl groups excluding tert-OH is 1. The minimum Gasteiger partial charge on any atom is -0.378 e. The summed E-state index contributed by atoms with van der Waals surface area (Å²) in [5.74, 6) is 0.743. The lowest BCUT2D eigenvalue weighted by molar-refractivity contribution is 0.238. The molecule has 1 fully saturated rings. The second kappa shape index (κ2) is 2.01. The molecule has 1 aliphatic rings. The standard InChI is InChI=1S/C5H9ClO/c6-5(7)3-4-1-2-4/h4-5,7H,1-3H2. The summed E-state index contributed by atoms with van der Waals surface area (Å²) in [5.41, 5.74) is -0.590.